The highest BCUT2D eigenvalue weighted by molar-refractivity contribution is 5.72. The second-order valence-electron chi connectivity index (χ2n) is 3.96. The molecule has 0 saturated heterocycles. The maximum absolute atomic E-state index is 11.2. The Morgan fingerprint density at radius 3 is 2.43 bits per heavy atom. The van der Waals surface area contributed by atoms with E-state index in [2.05, 4.69) is 5.32 Å². The van der Waals surface area contributed by atoms with E-state index >= 15 is 0 Å². The van der Waals surface area contributed by atoms with Crippen molar-refractivity contribution in [2.45, 2.75) is 13.3 Å². The number of carbonyl (C=O) groups is 1. The van der Waals surface area contributed by atoms with Crippen LogP contribution in [0.2, 0.25) is 0 Å². The zero-order chi connectivity index (χ0) is 15.8. The van der Waals surface area contributed by atoms with E-state index in [-0.39, 0.29) is 36.1 Å². The molecule has 0 saturated carbocycles. The molecule has 0 aliphatic heterocycles. The van der Waals surface area contributed by atoms with Gasteiger partial charge in [0.25, 0.3) is 5.69 Å². The number of hydrogen-bond donors (Lipinski definition) is 1. The first-order chi connectivity index (χ1) is 10.0. The zero-order valence-corrected chi connectivity index (χ0v) is 12.2. The van der Waals surface area contributed by atoms with Gasteiger partial charge in [0, 0.05) is 12.6 Å². The van der Waals surface area contributed by atoms with Gasteiger partial charge in [-0.1, -0.05) is 0 Å². The highest BCUT2D eigenvalue weighted by atomic mass is 16.6. The SMILES string of the molecule is CCOC(=O)CCNc1cc(OC)c(OC)cc1[N+](=O)[O-]. The van der Waals surface area contributed by atoms with Crippen LogP contribution in [0.5, 0.6) is 11.5 Å². The second-order valence-corrected chi connectivity index (χ2v) is 3.96. The van der Waals surface area contributed by atoms with Crippen molar-refractivity contribution >= 4 is 17.3 Å². The van der Waals surface area contributed by atoms with E-state index in [1.807, 2.05) is 0 Å². The van der Waals surface area contributed by atoms with Gasteiger partial charge in [0.1, 0.15) is 5.69 Å². The highest BCUT2D eigenvalue weighted by Crippen LogP contribution is 2.37. The van der Waals surface area contributed by atoms with Crippen molar-refractivity contribution < 1.29 is 23.9 Å². The number of nitrogens with one attached hydrogen (secondary N) is 1. The number of hydrogen-bond acceptors (Lipinski definition) is 7. The smallest absolute Gasteiger partial charge is 0.307 e. The van der Waals surface area contributed by atoms with Crippen molar-refractivity contribution in [1.82, 2.24) is 0 Å². The minimum atomic E-state index is -0.533. The van der Waals surface area contributed by atoms with E-state index in [1.54, 1.807) is 6.92 Å². The fourth-order valence-electron chi connectivity index (χ4n) is 1.69. The van der Waals surface area contributed by atoms with E-state index in [0.717, 1.165) is 0 Å². The molecule has 8 nitrogen and oxygen atoms in total. The van der Waals surface area contributed by atoms with Crippen molar-refractivity contribution in [3.8, 4) is 11.5 Å². The fourth-order valence-corrected chi connectivity index (χ4v) is 1.69. The summed E-state index contributed by atoms with van der Waals surface area (Å²) >= 11 is 0. The van der Waals surface area contributed by atoms with Crippen LogP contribution < -0.4 is 14.8 Å². The number of rotatable bonds is 8. The number of benzene rings is 1. The van der Waals surface area contributed by atoms with Gasteiger partial charge >= 0.3 is 5.97 Å². The van der Waals surface area contributed by atoms with Crippen molar-refractivity contribution in [2.75, 3.05) is 32.7 Å². The number of nitro benzene ring substituents is 1. The molecule has 1 rings (SSSR count). The van der Waals surface area contributed by atoms with Crippen LogP contribution in [0.1, 0.15) is 13.3 Å². The summed E-state index contributed by atoms with van der Waals surface area (Å²) in [5, 5.41) is 13.9. The Balaban J connectivity index is 2.89. The number of anilines is 1. The summed E-state index contributed by atoms with van der Waals surface area (Å²) in [6, 6.07) is 2.73. The van der Waals surface area contributed by atoms with Gasteiger partial charge in [-0.2, -0.15) is 0 Å². The zero-order valence-electron chi connectivity index (χ0n) is 12.2. The summed E-state index contributed by atoms with van der Waals surface area (Å²) in [7, 11) is 2.83. The molecule has 1 aromatic carbocycles. The lowest BCUT2D eigenvalue weighted by atomic mass is 10.2. The molecule has 21 heavy (non-hydrogen) atoms. The fraction of sp³-hybridized carbons (Fsp3) is 0.462. The number of methoxy groups -OCH3 is 2. The van der Waals surface area contributed by atoms with E-state index in [0.29, 0.717) is 12.4 Å². The van der Waals surface area contributed by atoms with Gasteiger partial charge in [0.2, 0.25) is 0 Å². The first-order valence-electron chi connectivity index (χ1n) is 6.33. The van der Waals surface area contributed by atoms with Crippen LogP contribution in [-0.4, -0.2) is 38.3 Å². The van der Waals surface area contributed by atoms with Gasteiger partial charge in [0.05, 0.1) is 38.2 Å². The molecule has 0 atom stereocenters. The second kappa shape index (κ2) is 7.93. The molecule has 8 heteroatoms. The number of ether oxygens (including phenoxy) is 3. The number of esters is 1. The molecule has 0 amide bonds. The topological polar surface area (TPSA) is 99.9 Å². The van der Waals surface area contributed by atoms with Gasteiger partial charge in [-0.3, -0.25) is 14.9 Å². The standard InChI is InChI=1S/C13H18N2O6/c1-4-21-13(16)5-6-14-9-7-11(19-2)12(20-3)8-10(9)15(17)18/h7-8,14H,4-6H2,1-3H3. The van der Waals surface area contributed by atoms with E-state index in [1.165, 1.54) is 26.4 Å². The lowest BCUT2D eigenvalue weighted by Gasteiger charge is -2.11. The highest BCUT2D eigenvalue weighted by Gasteiger charge is 2.19. The van der Waals surface area contributed by atoms with Gasteiger partial charge in [-0.05, 0) is 6.92 Å². The predicted octanol–water partition coefficient (Wildman–Crippen LogP) is 1.98. The lowest BCUT2D eigenvalue weighted by molar-refractivity contribution is -0.384. The summed E-state index contributed by atoms with van der Waals surface area (Å²) in [5.41, 5.74) is 0.0958. The van der Waals surface area contributed by atoms with Gasteiger partial charge in [-0.25, -0.2) is 0 Å². The molecule has 0 unspecified atom stereocenters. The van der Waals surface area contributed by atoms with Gasteiger partial charge in [0.15, 0.2) is 11.5 Å². The summed E-state index contributed by atoms with van der Waals surface area (Å²) in [4.78, 5) is 21.8. The van der Waals surface area contributed by atoms with Crippen molar-refractivity contribution in [1.29, 1.82) is 0 Å². The average molecular weight is 298 g/mol. The quantitative estimate of drug-likeness (QED) is 0.445. The van der Waals surface area contributed by atoms with Crippen LogP contribution in [0.3, 0.4) is 0 Å². The Labute approximate surface area is 122 Å². The average Bonchev–Trinajstić information content (AvgIpc) is 2.46. The number of nitrogens with zero attached hydrogens (tertiary/aromatic N) is 1. The molecule has 0 heterocycles. The van der Waals surface area contributed by atoms with Crippen molar-refractivity contribution in [3.63, 3.8) is 0 Å². The molecule has 1 N–H and O–H groups in total. The van der Waals surface area contributed by atoms with Crippen LogP contribution >= 0.6 is 0 Å². The molecule has 0 fully saturated rings. The summed E-state index contributed by atoms with van der Waals surface area (Å²) in [6.45, 7) is 2.23. The molecule has 0 bridgehead atoms. The molecule has 116 valence electrons. The predicted molar refractivity (Wildman–Crippen MR) is 75.9 cm³/mol. The first-order valence-corrected chi connectivity index (χ1v) is 6.33. The maximum atomic E-state index is 11.2. The minimum Gasteiger partial charge on any atom is -0.493 e. The van der Waals surface area contributed by atoms with Crippen LogP contribution in [0, 0.1) is 10.1 Å². The molecule has 0 aromatic heterocycles. The van der Waals surface area contributed by atoms with E-state index in [9.17, 15) is 14.9 Å². The third kappa shape index (κ3) is 4.51. The summed E-state index contributed by atoms with van der Waals surface area (Å²) in [6.07, 6.45) is 0.110. The normalized spacial score (nSPS) is 9.86. The molecule has 0 aliphatic carbocycles. The Bertz CT molecular complexity index is 518. The summed E-state index contributed by atoms with van der Waals surface area (Å²) < 4.78 is 14.9. The van der Waals surface area contributed by atoms with E-state index < -0.39 is 4.92 Å². The molecule has 0 aliphatic rings. The maximum Gasteiger partial charge on any atom is 0.307 e. The Kier molecular flexibility index (Phi) is 6.25. The third-order valence-corrected chi connectivity index (χ3v) is 2.65. The monoisotopic (exact) mass is 298 g/mol. The molecular formula is C13H18N2O6. The van der Waals surface area contributed by atoms with Crippen LogP contribution in [0.15, 0.2) is 12.1 Å². The van der Waals surface area contributed by atoms with Crippen molar-refractivity contribution in [2.24, 2.45) is 0 Å². The molecule has 0 spiro atoms. The number of carbonyl (C=O) groups excluding carboxylic acids is 1. The van der Waals surface area contributed by atoms with Crippen molar-refractivity contribution in [3.05, 3.63) is 22.2 Å². The van der Waals surface area contributed by atoms with E-state index in [4.69, 9.17) is 14.2 Å². The Hall–Kier alpha value is -2.51. The number of nitro groups is 1. The van der Waals surface area contributed by atoms with Crippen LogP contribution in [0.25, 0.3) is 0 Å². The van der Waals surface area contributed by atoms with Gasteiger partial charge in [-0.15, -0.1) is 0 Å². The largest absolute Gasteiger partial charge is 0.493 e. The lowest BCUT2D eigenvalue weighted by Crippen LogP contribution is -2.12. The summed E-state index contributed by atoms with van der Waals surface area (Å²) in [5.74, 6) is 0.259. The first kappa shape index (κ1) is 16.5. The Morgan fingerprint density at radius 2 is 1.90 bits per heavy atom. The molecular weight excluding hydrogens is 280 g/mol. The molecule has 1 aromatic rings. The van der Waals surface area contributed by atoms with Crippen LogP contribution in [-0.2, 0) is 9.53 Å². The van der Waals surface area contributed by atoms with Gasteiger partial charge < -0.3 is 19.5 Å². The minimum absolute atomic E-state index is 0.110. The third-order valence-electron chi connectivity index (χ3n) is 2.65. The Morgan fingerprint density at radius 1 is 1.29 bits per heavy atom. The van der Waals surface area contributed by atoms with Crippen LogP contribution in [0.4, 0.5) is 11.4 Å². The molecule has 0 radical (unpaired) electrons.